The highest BCUT2D eigenvalue weighted by Gasteiger charge is 2.30. The van der Waals surface area contributed by atoms with Crippen LogP contribution in [0.3, 0.4) is 0 Å². The van der Waals surface area contributed by atoms with E-state index in [2.05, 4.69) is 15.5 Å². The number of alkyl halides is 3. The number of rotatable bonds is 6. The Morgan fingerprint density at radius 3 is 2.46 bits per heavy atom. The molecule has 28 heavy (non-hydrogen) atoms. The summed E-state index contributed by atoms with van der Waals surface area (Å²) in [5, 5.41) is 12.1. The highest BCUT2D eigenvalue weighted by molar-refractivity contribution is 6.30. The Morgan fingerprint density at radius 2 is 1.82 bits per heavy atom. The van der Waals surface area contributed by atoms with Crippen LogP contribution in [0.15, 0.2) is 42.5 Å². The minimum absolute atomic E-state index is 0.365. The van der Waals surface area contributed by atoms with Crippen molar-refractivity contribution >= 4 is 11.6 Å². The van der Waals surface area contributed by atoms with Crippen LogP contribution in [0.5, 0.6) is 5.75 Å². The van der Waals surface area contributed by atoms with Crippen LogP contribution < -0.4 is 4.74 Å². The third-order valence-electron chi connectivity index (χ3n) is 4.07. The van der Waals surface area contributed by atoms with Gasteiger partial charge in [-0.1, -0.05) is 11.6 Å². The number of tetrazole rings is 1. The Hall–Kier alpha value is -2.65. The molecule has 0 spiro atoms. The lowest BCUT2D eigenvalue weighted by atomic mass is 10.2. The quantitative estimate of drug-likeness (QED) is 0.614. The highest BCUT2D eigenvalue weighted by Crippen LogP contribution is 2.29. The predicted molar refractivity (Wildman–Crippen MR) is 97.3 cm³/mol. The monoisotopic (exact) mass is 411 g/mol. The standard InChI is InChI=1S/C18H17ClF3N5O/c1-26(10-12-9-14(19)5-8-16(12)28-2)11-17-23-24-25-27(17)15-6-3-13(4-7-15)18(20,21)22/h3-9H,10-11H2,1-2H3. The number of aromatic nitrogens is 4. The summed E-state index contributed by atoms with van der Waals surface area (Å²) in [6, 6.07) is 10.0. The first-order valence-electron chi connectivity index (χ1n) is 8.24. The minimum Gasteiger partial charge on any atom is -0.496 e. The van der Waals surface area contributed by atoms with Crippen molar-refractivity contribution in [3.63, 3.8) is 0 Å². The average Bonchev–Trinajstić information content (AvgIpc) is 3.09. The molecule has 1 heterocycles. The maximum absolute atomic E-state index is 12.7. The molecule has 0 aliphatic rings. The maximum Gasteiger partial charge on any atom is 0.416 e. The predicted octanol–water partition coefficient (Wildman–Crippen LogP) is 3.98. The van der Waals surface area contributed by atoms with E-state index >= 15 is 0 Å². The Morgan fingerprint density at radius 1 is 1.11 bits per heavy atom. The van der Waals surface area contributed by atoms with Gasteiger partial charge in [0.1, 0.15) is 5.75 Å². The van der Waals surface area contributed by atoms with Crippen molar-refractivity contribution in [3.05, 3.63) is 64.4 Å². The molecule has 3 rings (SSSR count). The molecule has 10 heteroatoms. The lowest BCUT2D eigenvalue weighted by Crippen LogP contribution is -2.20. The Bertz CT molecular complexity index is 943. The van der Waals surface area contributed by atoms with Crippen LogP contribution in [-0.2, 0) is 19.3 Å². The Labute approximate surface area is 164 Å². The third kappa shape index (κ3) is 4.60. The zero-order valence-corrected chi connectivity index (χ0v) is 15.9. The molecular weight excluding hydrogens is 395 g/mol. The van der Waals surface area contributed by atoms with Crippen molar-refractivity contribution in [2.24, 2.45) is 0 Å². The molecule has 0 aliphatic heterocycles. The Balaban J connectivity index is 1.76. The van der Waals surface area contributed by atoms with Crippen LogP contribution in [0, 0.1) is 0 Å². The lowest BCUT2D eigenvalue weighted by molar-refractivity contribution is -0.137. The molecule has 6 nitrogen and oxygen atoms in total. The number of halogens is 4. The highest BCUT2D eigenvalue weighted by atomic mass is 35.5. The fourth-order valence-electron chi connectivity index (χ4n) is 2.76. The summed E-state index contributed by atoms with van der Waals surface area (Å²) in [6.45, 7) is 0.882. The molecule has 0 saturated carbocycles. The van der Waals surface area contributed by atoms with E-state index in [9.17, 15) is 13.2 Å². The summed E-state index contributed by atoms with van der Waals surface area (Å²) in [6.07, 6.45) is -4.39. The summed E-state index contributed by atoms with van der Waals surface area (Å²) < 4.78 is 45.0. The van der Waals surface area contributed by atoms with Gasteiger partial charge in [-0.3, -0.25) is 4.90 Å². The van der Waals surface area contributed by atoms with Crippen molar-refractivity contribution < 1.29 is 17.9 Å². The number of hydrogen-bond acceptors (Lipinski definition) is 5. The fraction of sp³-hybridized carbons (Fsp3) is 0.278. The molecule has 0 fully saturated rings. The second-order valence-electron chi connectivity index (χ2n) is 6.18. The number of ether oxygens (including phenoxy) is 1. The van der Waals surface area contributed by atoms with E-state index in [0.717, 1.165) is 17.7 Å². The number of methoxy groups -OCH3 is 1. The molecule has 2 aromatic carbocycles. The van der Waals surface area contributed by atoms with E-state index in [-0.39, 0.29) is 0 Å². The van der Waals surface area contributed by atoms with Gasteiger partial charge in [0.15, 0.2) is 5.82 Å². The van der Waals surface area contributed by atoms with Gasteiger partial charge in [0, 0.05) is 17.1 Å². The lowest BCUT2D eigenvalue weighted by Gasteiger charge is -2.18. The molecule has 0 radical (unpaired) electrons. The van der Waals surface area contributed by atoms with Crippen molar-refractivity contribution in [2.75, 3.05) is 14.2 Å². The van der Waals surface area contributed by atoms with Crippen LogP contribution in [0.25, 0.3) is 5.69 Å². The first-order chi connectivity index (χ1) is 13.3. The van der Waals surface area contributed by atoms with E-state index in [0.29, 0.717) is 35.4 Å². The molecule has 148 valence electrons. The van der Waals surface area contributed by atoms with Crippen molar-refractivity contribution in [2.45, 2.75) is 19.3 Å². The Kier molecular flexibility index (Phi) is 5.85. The second kappa shape index (κ2) is 8.15. The third-order valence-corrected chi connectivity index (χ3v) is 4.30. The smallest absolute Gasteiger partial charge is 0.416 e. The van der Waals surface area contributed by atoms with Gasteiger partial charge in [0.05, 0.1) is 24.9 Å². The van der Waals surface area contributed by atoms with Gasteiger partial charge >= 0.3 is 6.18 Å². The number of hydrogen-bond donors (Lipinski definition) is 0. The largest absolute Gasteiger partial charge is 0.496 e. The van der Waals surface area contributed by atoms with Gasteiger partial charge < -0.3 is 4.74 Å². The zero-order chi connectivity index (χ0) is 20.3. The van der Waals surface area contributed by atoms with E-state index < -0.39 is 11.7 Å². The van der Waals surface area contributed by atoms with E-state index in [1.165, 1.54) is 16.8 Å². The number of benzene rings is 2. The van der Waals surface area contributed by atoms with E-state index in [4.69, 9.17) is 16.3 Å². The molecule has 0 bridgehead atoms. The summed E-state index contributed by atoms with van der Waals surface area (Å²) in [5.41, 5.74) is 0.615. The van der Waals surface area contributed by atoms with Crippen LogP contribution in [0.2, 0.25) is 5.02 Å². The van der Waals surface area contributed by atoms with Crippen molar-refractivity contribution in [1.29, 1.82) is 0 Å². The summed E-state index contributed by atoms with van der Waals surface area (Å²) in [7, 11) is 3.45. The second-order valence-corrected chi connectivity index (χ2v) is 6.62. The normalized spacial score (nSPS) is 11.8. The molecule has 0 aliphatic carbocycles. The van der Waals surface area contributed by atoms with Gasteiger partial charge in [-0.05, 0) is 59.9 Å². The van der Waals surface area contributed by atoms with E-state index in [1.54, 1.807) is 19.2 Å². The molecule has 3 aromatic rings. The summed E-state index contributed by atoms with van der Waals surface area (Å²) in [4.78, 5) is 1.94. The van der Waals surface area contributed by atoms with Crippen molar-refractivity contribution in [3.8, 4) is 11.4 Å². The molecule has 0 amide bonds. The molecule has 0 unspecified atom stereocenters. The maximum atomic E-state index is 12.7. The van der Waals surface area contributed by atoms with Gasteiger partial charge in [0.2, 0.25) is 0 Å². The zero-order valence-electron chi connectivity index (χ0n) is 15.1. The van der Waals surface area contributed by atoms with Gasteiger partial charge in [-0.15, -0.1) is 5.10 Å². The van der Waals surface area contributed by atoms with Crippen LogP contribution in [-0.4, -0.2) is 39.3 Å². The van der Waals surface area contributed by atoms with E-state index in [1.807, 2.05) is 18.0 Å². The molecular formula is C18H17ClF3N5O. The number of nitrogens with zero attached hydrogens (tertiary/aromatic N) is 5. The van der Waals surface area contributed by atoms with Crippen molar-refractivity contribution in [1.82, 2.24) is 25.1 Å². The van der Waals surface area contributed by atoms with Crippen LogP contribution >= 0.6 is 11.6 Å². The van der Waals surface area contributed by atoms with Crippen LogP contribution in [0.4, 0.5) is 13.2 Å². The first kappa shape index (κ1) is 20.1. The molecule has 0 saturated heterocycles. The van der Waals surface area contributed by atoms with Crippen LogP contribution in [0.1, 0.15) is 17.0 Å². The molecule has 1 aromatic heterocycles. The summed E-state index contributed by atoms with van der Waals surface area (Å²) in [5.74, 6) is 1.20. The SMILES string of the molecule is COc1ccc(Cl)cc1CN(C)Cc1nnnn1-c1ccc(C(F)(F)F)cc1. The molecule has 0 N–H and O–H groups in total. The fourth-order valence-corrected chi connectivity index (χ4v) is 2.95. The molecule has 0 atom stereocenters. The van der Waals surface area contributed by atoms with Gasteiger partial charge in [-0.25, -0.2) is 0 Å². The van der Waals surface area contributed by atoms with Gasteiger partial charge in [-0.2, -0.15) is 17.9 Å². The topological polar surface area (TPSA) is 56.1 Å². The summed E-state index contributed by atoms with van der Waals surface area (Å²) >= 11 is 6.06. The minimum atomic E-state index is -4.39. The first-order valence-corrected chi connectivity index (χ1v) is 8.61. The average molecular weight is 412 g/mol. The van der Waals surface area contributed by atoms with Gasteiger partial charge in [0.25, 0.3) is 0 Å².